The molecule has 1 atom stereocenters. The number of ether oxygens (including phenoxy) is 1. The standard InChI is InChI=1S/C11H12ClNOS/c1-14-9-5-7-4-8(12)2-3-10(7)13-11(15)6-9/h2-4,9H,5-6H2,1H3,(H,13,15). The Morgan fingerprint density at radius 1 is 1.47 bits per heavy atom. The van der Waals surface area contributed by atoms with E-state index in [0.717, 1.165) is 34.1 Å². The van der Waals surface area contributed by atoms with Gasteiger partial charge in [-0.1, -0.05) is 23.8 Å². The van der Waals surface area contributed by atoms with E-state index in [-0.39, 0.29) is 6.10 Å². The maximum absolute atomic E-state index is 5.96. The average molecular weight is 242 g/mol. The van der Waals surface area contributed by atoms with E-state index in [1.807, 2.05) is 18.2 Å². The average Bonchev–Trinajstić information content (AvgIpc) is 2.35. The Morgan fingerprint density at radius 2 is 2.27 bits per heavy atom. The molecule has 1 heterocycles. The van der Waals surface area contributed by atoms with Crippen LogP contribution < -0.4 is 5.32 Å². The molecule has 1 unspecified atom stereocenters. The van der Waals surface area contributed by atoms with Gasteiger partial charge < -0.3 is 10.1 Å². The van der Waals surface area contributed by atoms with Crippen LogP contribution in [0.5, 0.6) is 0 Å². The summed E-state index contributed by atoms with van der Waals surface area (Å²) in [6.45, 7) is 0. The van der Waals surface area contributed by atoms with Crippen LogP contribution >= 0.6 is 23.8 Å². The van der Waals surface area contributed by atoms with E-state index in [9.17, 15) is 0 Å². The van der Waals surface area contributed by atoms with Crippen LogP contribution in [0.3, 0.4) is 0 Å². The van der Waals surface area contributed by atoms with Crippen LogP contribution in [0.1, 0.15) is 12.0 Å². The Labute approximate surface area is 99.6 Å². The van der Waals surface area contributed by atoms with E-state index in [1.54, 1.807) is 7.11 Å². The van der Waals surface area contributed by atoms with Crippen LogP contribution in [0, 0.1) is 0 Å². The number of hydrogen-bond donors (Lipinski definition) is 1. The number of fused-ring (bicyclic) bond motifs is 1. The van der Waals surface area contributed by atoms with E-state index in [4.69, 9.17) is 28.6 Å². The predicted octanol–water partition coefficient (Wildman–Crippen LogP) is 3.04. The van der Waals surface area contributed by atoms with Crippen molar-refractivity contribution < 1.29 is 4.74 Å². The second-order valence-electron chi connectivity index (χ2n) is 3.62. The second kappa shape index (κ2) is 4.47. The van der Waals surface area contributed by atoms with Gasteiger partial charge in [-0.3, -0.25) is 0 Å². The molecule has 2 rings (SSSR count). The van der Waals surface area contributed by atoms with Crippen LogP contribution in [-0.2, 0) is 11.2 Å². The number of hydrogen-bond acceptors (Lipinski definition) is 2. The number of nitrogens with one attached hydrogen (secondary N) is 1. The molecule has 15 heavy (non-hydrogen) atoms. The highest BCUT2D eigenvalue weighted by atomic mass is 35.5. The summed E-state index contributed by atoms with van der Waals surface area (Å²) in [6, 6.07) is 5.79. The zero-order chi connectivity index (χ0) is 10.8. The van der Waals surface area contributed by atoms with Crippen molar-refractivity contribution in [3.63, 3.8) is 0 Å². The van der Waals surface area contributed by atoms with Crippen molar-refractivity contribution in [1.29, 1.82) is 0 Å². The van der Waals surface area contributed by atoms with Crippen molar-refractivity contribution in [2.24, 2.45) is 0 Å². The summed E-state index contributed by atoms with van der Waals surface area (Å²) in [4.78, 5) is 0.822. The van der Waals surface area contributed by atoms with Gasteiger partial charge in [-0.15, -0.1) is 0 Å². The van der Waals surface area contributed by atoms with Gasteiger partial charge in [0.1, 0.15) is 0 Å². The van der Waals surface area contributed by atoms with Crippen LogP contribution in [0.2, 0.25) is 5.02 Å². The maximum atomic E-state index is 5.96. The van der Waals surface area contributed by atoms with Crippen LogP contribution in [-0.4, -0.2) is 18.2 Å². The van der Waals surface area contributed by atoms with Crippen molar-refractivity contribution in [2.45, 2.75) is 18.9 Å². The molecule has 1 N–H and O–H groups in total. The fourth-order valence-corrected chi connectivity index (χ4v) is 2.24. The molecule has 1 aliphatic rings. The summed E-state index contributed by atoms with van der Waals surface area (Å²) in [6.07, 6.45) is 1.75. The van der Waals surface area contributed by atoms with Gasteiger partial charge >= 0.3 is 0 Å². The van der Waals surface area contributed by atoms with Gasteiger partial charge in [0.25, 0.3) is 0 Å². The summed E-state index contributed by atoms with van der Waals surface area (Å²) in [7, 11) is 1.71. The Kier molecular flexibility index (Phi) is 3.24. The lowest BCUT2D eigenvalue weighted by molar-refractivity contribution is 0.110. The molecule has 0 amide bonds. The quantitative estimate of drug-likeness (QED) is 0.764. The van der Waals surface area contributed by atoms with Crippen molar-refractivity contribution in [1.82, 2.24) is 0 Å². The molecule has 1 aromatic carbocycles. The van der Waals surface area contributed by atoms with Crippen LogP contribution in [0.4, 0.5) is 5.69 Å². The molecule has 4 heteroatoms. The third-order valence-corrected chi connectivity index (χ3v) is 3.04. The number of halogens is 1. The molecule has 0 saturated carbocycles. The molecular formula is C11H12ClNOS. The third kappa shape index (κ3) is 2.48. The molecule has 0 saturated heterocycles. The summed E-state index contributed by atoms with van der Waals surface area (Å²) in [5.74, 6) is 0. The van der Waals surface area contributed by atoms with E-state index >= 15 is 0 Å². The largest absolute Gasteiger partial charge is 0.381 e. The molecule has 1 aromatic rings. The maximum Gasteiger partial charge on any atom is 0.0823 e. The highest BCUT2D eigenvalue weighted by Gasteiger charge is 2.18. The highest BCUT2D eigenvalue weighted by molar-refractivity contribution is 7.80. The Morgan fingerprint density at radius 3 is 3.00 bits per heavy atom. The van der Waals surface area contributed by atoms with Crippen molar-refractivity contribution in [3.8, 4) is 0 Å². The Balaban J connectivity index is 2.36. The van der Waals surface area contributed by atoms with Crippen LogP contribution in [0.25, 0.3) is 0 Å². The number of rotatable bonds is 1. The van der Waals surface area contributed by atoms with Gasteiger partial charge in [-0.25, -0.2) is 0 Å². The molecule has 2 nitrogen and oxygen atoms in total. The minimum absolute atomic E-state index is 0.143. The lowest BCUT2D eigenvalue weighted by Crippen LogP contribution is -2.17. The van der Waals surface area contributed by atoms with Gasteiger partial charge in [0, 0.05) is 30.7 Å². The third-order valence-electron chi connectivity index (χ3n) is 2.54. The highest BCUT2D eigenvalue weighted by Crippen LogP contribution is 2.26. The topological polar surface area (TPSA) is 21.3 Å². The normalized spacial score (nSPS) is 20.4. The first-order valence-electron chi connectivity index (χ1n) is 4.80. The summed E-state index contributed by atoms with van der Waals surface area (Å²) < 4.78 is 5.37. The number of anilines is 1. The summed E-state index contributed by atoms with van der Waals surface area (Å²) in [5.41, 5.74) is 2.21. The van der Waals surface area contributed by atoms with Crippen LogP contribution in [0.15, 0.2) is 18.2 Å². The van der Waals surface area contributed by atoms with Gasteiger partial charge in [0.05, 0.1) is 11.1 Å². The molecule has 0 bridgehead atoms. The van der Waals surface area contributed by atoms with Gasteiger partial charge in [0.2, 0.25) is 0 Å². The Hall–Kier alpha value is -0.640. The van der Waals surface area contributed by atoms with E-state index < -0.39 is 0 Å². The van der Waals surface area contributed by atoms with Crippen molar-refractivity contribution >= 4 is 34.5 Å². The number of benzene rings is 1. The Bertz CT molecular complexity index is 394. The molecular weight excluding hydrogens is 230 g/mol. The first-order chi connectivity index (χ1) is 7.19. The monoisotopic (exact) mass is 241 g/mol. The summed E-state index contributed by atoms with van der Waals surface area (Å²) in [5, 5.41) is 3.96. The number of methoxy groups -OCH3 is 1. The predicted molar refractivity (Wildman–Crippen MR) is 66.8 cm³/mol. The molecule has 0 spiro atoms. The molecule has 0 fully saturated rings. The first kappa shape index (κ1) is 10.9. The smallest absolute Gasteiger partial charge is 0.0823 e. The van der Waals surface area contributed by atoms with E-state index in [1.165, 1.54) is 0 Å². The minimum atomic E-state index is 0.143. The second-order valence-corrected chi connectivity index (χ2v) is 4.54. The molecule has 0 aromatic heterocycles. The molecule has 80 valence electrons. The molecule has 1 aliphatic heterocycles. The summed E-state index contributed by atoms with van der Waals surface area (Å²) >= 11 is 11.2. The zero-order valence-electron chi connectivity index (χ0n) is 8.42. The number of thiocarbonyl (C=S) groups is 1. The lowest BCUT2D eigenvalue weighted by atomic mass is 10.1. The first-order valence-corrected chi connectivity index (χ1v) is 5.58. The van der Waals surface area contributed by atoms with Gasteiger partial charge in [-0.05, 0) is 23.8 Å². The van der Waals surface area contributed by atoms with Crippen molar-refractivity contribution in [3.05, 3.63) is 28.8 Å². The van der Waals surface area contributed by atoms with Gasteiger partial charge in [0.15, 0.2) is 0 Å². The van der Waals surface area contributed by atoms with Gasteiger partial charge in [-0.2, -0.15) is 0 Å². The lowest BCUT2D eigenvalue weighted by Gasteiger charge is -2.11. The fourth-order valence-electron chi connectivity index (χ4n) is 1.75. The van der Waals surface area contributed by atoms with Crippen molar-refractivity contribution in [2.75, 3.05) is 12.4 Å². The van der Waals surface area contributed by atoms with E-state index in [2.05, 4.69) is 5.32 Å². The molecule has 0 aliphatic carbocycles. The van der Waals surface area contributed by atoms with E-state index in [0.29, 0.717) is 0 Å². The SMILES string of the molecule is COC1CC(=S)Nc2ccc(Cl)cc2C1. The fraction of sp³-hybridized carbons (Fsp3) is 0.364. The minimum Gasteiger partial charge on any atom is -0.381 e. The zero-order valence-corrected chi connectivity index (χ0v) is 9.99. The molecule has 0 radical (unpaired) electrons.